The van der Waals surface area contributed by atoms with E-state index in [0.717, 1.165) is 10.0 Å². The summed E-state index contributed by atoms with van der Waals surface area (Å²) in [5.41, 5.74) is 2.02. The summed E-state index contributed by atoms with van der Waals surface area (Å²) in [6.07, 6.45) is 1.48. The molecule has 0 saturated heterocycles. The van der Waals surface area contributed by atoms with Crippen LogP contribution in [-0.4, -0.2) is 29.4 Å². The van der Waals surface area contributed by atoms with E-state index >= 15 is 0 Å². The number of carboxylic acids is 1. The van der Waals surface area contributed by atoms with E-state index < -0.39 is 24.3 Å². The number of rotatable bonds is 6. The van der Waals surface area contributed by atoms with Crippen LogP contribution in [0.1, 0.15) is 21.5 Å². The van der Waals surface area contributed by atoms with E-state index in [1.807, 2.05) is 13.0 Å². The van der Waals surface area contributed by atoms with E-state index in [1.165, 1.54) is 6.08 Å². The number of nitrogens with one attached hydrogen (secondary N) is 2. The number of halogens is 1. The van der Waals surface area contributed by atoms with Gasteiger partial charge in [0.05, 0.1) is 0 Å². The first-order valence-corrected chi connectivity index (χ1v) is 8.50. The molecule has 6 nitrogen and oxygen atoms in total. The molecular formula is C19H17BrN2O4. The smallest absolute Gasteiger partial charge is 0.322 e. The first-order valence-electron chi connectivity index (χ1n) is 7.70. The first-order chi connectivity index (χ1) is 12.3. The van der Waals surface area contributed by atoms with Crippen LogP contribution in [0.4, 0.5) is 0 Å². The largest absolute Gasteiger partial charge is 0.480 e. The Kier molecular flexibility index (Phi) is 6.68. The molecule has 0 bridgehead atoms. The second-order valence-corrected chi connectivity index (χ2v) is 6.43. The fourth-order valence-corrected chi connectivity index (χ4v) is 2.49. The van der Waals surface area contributed by atoms with Crippen molar-refractivity contribution in [3.05, 3.63) is 75.4 Å². The molecular weight excluding hydrogens is 400 g/mol. The molecule has 0 aliphatic rings. The van der Waals surface area contributed by atoms with Crippen molar-refractivity contribution >= 4 is 39.8 Å². The van der Waals surface area contributed by atoms with Gasteiger partial charge in [-0.1, -0.05) is 45.8 Å². The lowest BCUT2D eigenvalue weighted by Gasteiger charge is -2.10. The van der Waals surface area contributed by atoms with E-state index in [-0.39, 0.29) is 5.70 Å². The number of amides is 2. The van der Waals surface area contributed by atoms with Crippen molar-refractivity contribution in [3.63, 3.8) is 0 Å². The molecule has 0 unspecified atom stereocenters. The summed E-state index contributed by atoms with van der Waals surface area (Å²) in [6, 6.07) is 14.0. The molecule has 134 valence electrons. The van der Waals surface area contributed by atoms with Gasteiger partial charge in [-0.3, -0.25) is 14.4 Å². The Labute approximate surface area is 159 Å². The Hall–Kier alpha value is -2.93. The number of aliphatic carboxylic acids is 1. The molecule has 0 aliphatic carbocycles. The molecule has 7 heteroatoms. The van der Waals surface area contributed by atoms with Crippen LogP contribution in [0.5, 0.6) is 0 Å². The van der Waals surface area contributed by atoms with Crippen LogP contribution >= 0.6 is 15.9 Å². The van der Waals surface area contributed by atoms with Gasteiger partial charge in [-0.25, -0.2) is 0 Å². The highest BCUT2D eigenvalue weighted by Gasteiger charge is 2.15. The Morgan fingerprint density at radius 2 is 1.81 bits per heavy atom. The van der Waals surface area contributed by atoms with Crippen LogP contribution in [0.15, 0.2) is 58.7 Å². The fraction of sp³-hybridized carbons (Fsp3) is 0.105. The molecule has 2 amide bonds. The van der Waals surface area contributed by atoms with Gasteiger partial charge < -0.3 is 15.7 Å². The van der Waals surface area contributed by atoms with Crippen LogP contribution in [0.25, 0.3) is 6.08 Å². The van der Waals surface area contributed by atoms with Gasteiger partial charge in [0.2, 0.25) is 0 Å². The maximum absolute atomic E-state index is 12.4. The van der Waals surface area contributed by atoms with Crippen LogP contribution in [0, 0.1) is 6.92 Å². The van der Waals surface area contributed by atoms with Crippen molar-refractivity contribution in [1.82, 2.24) is 10.6 Å². The van der Waals surface area contributed by atoms with Gasteiger partial charge in [0, 0.05) is 10.0 Å². The Balaban J connectivity index is 2.27. The number of carbonyl (C=O) groups excluding carboxylic acids is 2. The van der Waals surface area contributed by atoms with Crippen LogP contribution in [-0.2, 0) is 9.59 Å². The summed E-state index contributed by atoms with van der Waals surface area (Å²) in [5.74, 6) is -2.32. The summed E-state index contributed by atoms with van der Waals surface area (Å²) in [5, 5.41) is 13.5. The average Bonchev–Trinajstić information content (AvgIpc) is 2.59. The third-order valence-corrected chi connectivity index (χ3v) is 3.86. The minimum atomic E-state index is -1.18. The van der Waals surface area contributed by atoms with Gasteiger partial charge in [-0.05, 0) is 42.8 Å². The normalized spacial score (nSPS) is 10.9. The van der Waals surface area contributed by atoms with E-state index in [9.17, 15) is 14.4 Å². The van der Waals surface area contributed by atoms with Crippen LogP contribution < -0.4 is 10.6 Å². The summed E-state index contributed by atoms with van der Waals surface area (Å²) >= 11 is 3.34. The van der Waals surface area contributed by atoms with Gasteiger partial charge in [0.15, 0.2) is 0 Å². The zero-order chi connectivity index (χ0) is 19.1. The molecule has 0 atom stereocenters. The van der Waals surface area contributed by atoms with Crippen LogP contribution in [0.2, 0.25) is 0 Å². The molecule has 2 rings (SSSR count). The minimum absolute atomic E-state index is 0.0464. The van der Waals surface area contributed by atoms with Crippen molar-refractivity contribution in [3.8, 4) is 0 Å². The molecule has 0 fully saturated rings. The second-order valence-electron chi connectivity index (χ2n) is 5.51. The summed E-state index contributed by atoms with van der Waals surface area (Å²) < 4.78 is 0.807. The Morgan fingerprint density at radius 3 is 2.42 bits per heavy atom. The van der Waals surface area contributed by atoms with Crippen molar-refractivity contribution in [2.75, 3.05) is 6.54 Å². The van der Waals surface area contributed by atoms with Crippen molar-refractivity contribution < 1.29 is 19.5 Å². The molecule has 2 aromatic carbocycles. The van der Waals surface area contributed by atoms with Gasteiger partial charge in [-0.15, -0.1) is 0 Å². The van der Waals surface area contributed by atoms with Gasteiger partial charge >= 0.3 is 5.97 Å². The molecule has 2 aromatic rings. The molecule has 0 aliphatic heterocycles. The number of benzene rings is 2. The quantitative estimate of drug-likeness (QED) is 0.630. The van der Waals surface area contributed by atoms with Crippen LogP contribution in [0.3, 0.4) is 0 Å². The molecule has 0 heterocycles. The molecule has 26 heavy (non-hydrogen) atoms. The number of aryl methyl sites for hydroxylation is 1. The van der Waals surface area contributed by atoms with Gasteiger partial charge in [0.25, 0.3) is 11.8 Å². The zero-order valence-electron chi connectivity index (χ0n) is 14.0. The predicted octanol–water partition coefficient (Wildman–Crippen LogP) is 2.73. The number of hydrogen-bond acceptors (Lipinski definition) is 3. The molecule has 0 aromatic heterocycles. The SMILES string of the molecule is Cc1ccc(C(=O)NC(=Cc2cccc(Br)c2)C(=O)NCC(=O)O)cc1. The van der Waals surface area contributed by atoms with Crippen molar-refractivity contribution in [1.29, 1.82) is 0 Å². The summed E-state index contributed by atoms with van der Waals surface area (Å²) in [6.45, 7) is 1.36. The summed E-state index contributed by atoms with van der Waals surface area (Å²) in [7, 11) is 0. The van der Waals surface area contributed by atoms with Gasteiger partial charge in [-0.2, -0.15) is 0 Å². The lowest BCUT2D eigenvalue weighted by molar-refractivity contribution is -0.137. The standard InChI is InChI=1S/C19H17BrN2O4/c1-12-5-7-14(8-6-12)18(25)22-16(19(26)21-11-17(23)24)10-13-3-2-4-15(20)9-13/h2-10H,11H2,1H3,(H,21,26)(H,22,25)(H,23,24). The Bertz CT molecular complexity index is 860. The highest BCUT2D eigenvalue weighted by molar-refractivity contribution is 9.10. The minimum Gasteiger partial charge on any atom is -0.480 e. The predicted molar refractivity (Wildman–Crippen MR) is 101 cm³/mol. The number of carbonyl (C=O) groups is 3. The summed E-state index contributed by atoms with van der Waals surface area (Å²) in [4.78, 5) is 35.4. The number of carboxylic acid groups (broad SMARTS) is 1. The number of hydrogen-bond donors (Lipinski definition) is 3. The van der Waals surface area contributed by atoms with E-state index in [2.05, 4.69) is 26.6 Å². The molecule has 0 radical (unpaired) electrons. The van der Waals surface area contributed by atoms with E-state index in [1.54, 1.807) is 42.5 Å². The monoisotopic (exact) mass is 416 g/mol. The highest BCUT2D eigenvalue weighted by Crippen LogP contribution is 2.14. The van der Waals surface area contributed by atoms with E-state index in [4.69, 9.17) is 5.11 Å². The maximum Gasteiger partial charge on any atom is 0.322 e. The van der Waals surface area contributed by atoms with E-state index in [0.29, 0.717) is 11.1 Å². The fourth-order valence-electron chi connectivity index (χ4n) is 2.07. The molecule has 3 N–H and O–H groups in total. The zero-order valence-corrected chi connectivity index (χ0v) is 15.5. The van der Waals surface area contributed by atoms with Crippen molar-refractivity contribution in [2.24, 2.45) is 0 Å². The second kappa shape index (κ2) is 8.96. The third-order valence-electron chi connectivity index (χ3n) is 3.37. The highest BCUT2D eigenvalue weighted by atomic mass is 79.9. The lowest BCUT2D eigenvalue weighted by atomic mass is 10.1. The average molecular weight is 417 g/mol. The molecule has 0 saturated carbocycles. The topological polar surface area (TPSA) is 95.5 Å². The Morgan fingerprint density at radius 1 is 1.12 bits per heavy atom. The maximum atomic E-state index is 12.4. The third kappa shape index (κ3) is 5.86. The first kappa shape index (κ1) is 19.4. The molecule has 0 spiro atoms. The van der Waals surface area contributed by atoms with Crippen molar-refractivity contribution in [2.45, 2.75) is 6.92 Å². The van der Waals surface area contributed by atoms with Gasteiger partial charge in [0.1, 0.15) is 12.2 Å². The lowest BCUT2D eigenvalue weighted by Crippen LogP contribution is -2.37.